The summed E-state index contributed by atoms with van der Waals surface area (Å²) in [6.45, 7) is 4.29. The van der Waals surface area contributed by atoms with Gasteiger partial charge in [0, 0.05) is 13.1 Å². The van der Waals surface area contributed by atoms with Gasteiger partial charge in [0.25, 0.3) is 0 Å². The first-order valence-electron chi connectivity index (χ1n) is 7.17. The van der Waals surface area contributed by atoms with Crippen LogP contribution in [0.25, 0.3) is 0 Å². The quantitative estimate of drug-likeness (QED) is 0.902. The van der Waals surface area contributed by atoms with Crippen molar-refractivity contribution in [2.75, 3.05) is 32.1 Å². The molecule has 1 aromatic rings. The van der Waals surface area contributed by atoms with Gasteiger partial charge in [-0.15, -0.1) is 0 Å². The van der Waals surface area contributed by atoms with Crippen LogP contribution in [0.4, 0.5) is 5.69 Å². The molecule has 106 valence electrons. The standard InChI is InChI=1S/C15H25N3O/c1-4-15(19)14-6-5-13(11-16-14)18(3)12-7-9-17(2)10-8-12/h5-6,11-12,15,19H,4,7-10H2,1-3H3/t15-/m1/s1. The molecule has 2 heterocycles. The number of hydrogen-bond donors (Lipinski definition) is 1. The lowest BCUT2D eigenvalue weighted by Crippen LogP contribution is -2.42. The van der Waals surface area contributed by atoms with E-state index in [1.54, 1.807) is 0 Å². The number of rotatable bonds is 4. The van der Waals surface area contributed by atoms with Crippen LogP contribution in [0.3, 0.4) is 0 Å². The molecular weight excluding hydrogens is 238 g/mol. The van der Waals surface area contributed by atoms with E-state index in [0.29, 0.717) is 12.5 Å². The summed E-state index contributed by atoms with van der Waals surface area (Å²) in [6.07, 6.45) is 4.55. The fourth-order valence-corrected chi connectivity index (χ4v) is 2.61. The lowest BCUT2D eigenvalue weighted by Gasteiger charge is -2.36. The highest BCUT2D eigenvalue weighted by Crippen LogP contribution is 2.22. The maximum absolute atomic E-state index is 9.76. The van der Waals surface area contributed by atoms with Crippen LogP contribution in [0.2, 0.25) is 0 Å². The second-order valence-electron chi connectivity index (χ2n) is 5.51. The summed E-state index contributed by atoms with van der Waals surface area (Å²) in [6, 6.07) is 4.61. The van der Waals surface area contributed by atoms with Crippen molar-refractivity contribution in [3.05, 3.63) is 24.0 Å². The minimum Gasteiger partial charge on any atom is -0.387 e. The molecule has 1 aliphatic heterocycles. The lowest BCUT2D eigenvalue weighted by molar-refractivity contribution is 0.169. The van der Waals surface area contributed by atoms with Crippen LogP contribution in [0, 0.1) is 0 Å². The highest BCUT2D eigenvalue weighted by Gasteiger charge is 2.21. The molecule has 1 aliphatic rings. The second-order valence-corrected chi connectivity index (χ2v) is 5.51. The molecule has 1 atom stereocenters. The highest BCUT2D eigenvalue weighted by atomic mass is 16.3. The number of anilines is 1. The van der Waals surface area contributed by atoms with Crippen molar-refractivity contribution in [3.8, 4) is 0 Å². The van der Waals surface area contributed by atoms with Gasteiger partial charge < -0.3 is 14.9 Å². The molecule has 1 N–H and O–H groups in total. The third kappa shape index (κ3) is 3.45. The zero-order chi connectivity index (χ0) is 13.8. The highest BCUT2D eigenvalue weighted by molar-refractivity contribution is 5.45. The SMILES string of the molecule is CC[C@@H](O)c1ccc(N(C)C2CCN(C)CC2)cn1. The molecule has 0 radical (unpaired) electrons. The normalized spacial score (nSPS) is 19.4. The largest absolute Gasteiger partial charge is 0.387 e. The van der Waals surface area contributed by atoms with Gasteiger partial charge in [0.1, 0.15) is 0 Å². The molecule has 1 saturated heterocycles. The topological polar surface area (TPSA) is 39.6 Å². The van der Waals surface area contributed by atoms with Crippen molar-refractivity contribution in [1.29, 1.82) is 0 Å². The van der Waals surface area contributed by atoms with Crippen molar-refractivity contribution in [2.24, 2.45) is 0 Å². The molecule has 0 saturated carbocycles. The van der Waals surface area contributed by atoms with Gasteiger partial charge in [0.2, 0.25) is 0 Å². The minimum atomic E-state index is -0.442. The summed E-state index contributed by atoms with van der Waals surface area (Å²) in [7, 11) is 4.32. The summed E-state index contributed by atoms with van der Waals surface area (Å²) in [5, 5.41) is 9.76. The van der Waals surface area contributed by atoms with Gasteiger partial charge >= 0.3 is 0 Å². The van der Waals surface area contributed by atoms with Crippen molar-refractivity contribution in [1.82, 2.24) is 9.88 Å². The molecule has 0 aromatic carbocycles. The van der Waals surface area contributed by atoms with E-state index in [4.69, 9.17) is 0 Å². The van der Waals surface area contributed by atoms with Gasteiger partial charge in [-0.25, -0.2) is 0 Å². The van der Waals surface area contributed by atoms with E-state index in [1.165, 1.54) is 12.8 Å². The van der Waals surface area contributed by atoms with Crippen molar-refractivity contribution in [3.63, 3.8) is 0 Å². The maximum atomic E-state index is 9.76. The number of piperidine rings is 1. The Morgan fingerprint density at radius 3 is 2.63 bits per heavy atom. The Kier molecular flexibility index (Phi) is 4.77. The molecule has 2 rings (SSSR count). The Morgan fingerprint density at radius 2 is 2.11 bits per heavy atom. The number of hydrogen-bond acceptors (Lipinski definition) is 4. The summed E-state index contributed by atoms with van der Waals surface area (Å²) in [4.78, 5) is 9.08. The summed E-state index contributed by atoms with van der Waals surface area (Å²) in [5.74, 6) is 0. The Balaban J connectivity index is 2.01. The average Bonchev–Trinajstić information content (AvgIpc) is 2.46. The van der Waals surface area contributed by atoms with E-state index in [2.05, 4.69) is 34.9 Å². The fraction of sp³-hybridized carbons (Fsp3) is 0.667. The van der Waals surface area contributed by atoms with E-state index >= 15 is 0 Å². The number of pyridine rings is 1. The first-order chi connectivity index (χ1) is 9.11. The molecule has 1 aromatic heterocycles. The van der Waals surface area contributed by atoms with Crippen molar-refractivity contribution >= 4 is 5.69 Å². The van der Waals surface area contributed by atoms with E-state index in [0.717, 1.165) is 24.5 Å². The molecule has 0 bridgehead atoms. The van der Waals surface area contributed by atoms with Gasteiger partial charge in [-0.3, -0.25) is 4.98 Å². The van der Waals surface area contributed by atoms with Crippen LogP contribution in [-0.4, -0.2) is 48.2 Å². The molecule has 1 fully saturated rings. The molecular formula is C15H25N3O. The molecule has 19 heavy (non-hydrogen) atoms. The predicted octanol–water partition coefficient (Wildman–Crippen LogP) is 2.06. The first-order valence-corrected chi connectivity index (χ1v) is 7.17. The second kappa shape index (κ2) is 6.35. The number of nitrogens with zero attached hydrogens (tertiary/aromatic N) is 3. The Hall–Kier alpha value is -1.13. The summed E-state index contributed by atoms with van der Waals surface area (Å²) < 4.78 is 0. The number of aliphatic hydroxyl groups is 1. The monoisotopic (exact) mass is 263 g/mol. The van der Waals surface area contributed by atoms with Crippen LogP contribution in [0.1, 0.15) is 38.0 Å². The van der Waals surface area contributed by atoms with Gasteiger partial charge in [-0.05, 0) is 51.5 Å². The lowest BCUT2D eigenvalue weighted by atomic mass is 10.0. The fourth-order valence-electron chi connectivity index (χ4n) is 2.61. The van der Waals surface area contributed by atoms with E-state index in [9.17, 15) is 5.11 Å². The minimum absolute atomic E-state index is 0.442. The number of aliphatic hydroxyl groups excluding tert-OH is 1. The van der Waals surface area contributed by atoms with Gasteiger partial charge in [-0.1, -0.05) is 6.92 Å². The number of aromatic nitrogens is 1. The van der Waals surface area contributed by atoms with Crippen LogP contribution in [0.5, 0.6) is 0 Å². The van der Waals surface area contributed by atoms with E-state index in [1.807, 2.05) is 19.2 Å². The molecule has 0 spiro atoms. The molecule has 4 heteroatoms. The van der Waals surface area contributed by atoms with Crippen LogP contribution in [0.15, 0.2) is 18.3 Å². The average molecular weight is 263 g/mol. The van der Waals surface area contributed by atoms with Gasteiger partial charge in [-0.2, -0.15) is 0 Å². The third-order valence-electron chi connectivity index (χ3n) is 4.14. The Bertz CT molecular complexity index is 385. The number of likely N-dealkylation sites (tertiary alicyclic amines) is 1. The van der Waals surface area contributed by atoms with E-state index < -0.39 is 6.10 Å². The zero-order valence-electron chi connectivity index (χ0n) is 12.2. The predicted molar refractivity (Wildman–Crippen MR) is 78.4 cm³/mol. The summed E-state index contributed by atoms with van der Waals surface area (Å²) >= 11 is 0. The molecule has 0 unspecified atom stereocenters. The first kappa shape index (κ1) is 14.3. The van der Waals surface area contributed by atoms with Gasteiger partial charge in [0.15, 0.2) is 0 Å². The third-order valence-corrected chi connectivity index (χ3v) is 4.14. The van der Waals surface area contributed by atoms with Crippen LogP contribution in [-0.2, 0) is 0 Å². The maximum Gasteiger partial charge on any atom is 0.0957 e. The van der Waals surface area contributed by atoms with Crippen molar-refractivity contribution < 1.29 is 5.11 Å². The Morgan fingerprint density at radius 1 is 1.42 bits per heavy atom. The molecule has 0 aliphatic carbocycles. The Labute approximate surface area is 116 Å². The van der Waals surface area contributed by atoms with Gasteiger partial charge in [0.05, 0.1) is 23.7 Å². The van der Waals surface area contributed by atoms with Crippen molar-refractivity contribution in [2.45, 2.75) is 38.3 Å². The zero-order valence-corrected chi connectivity index (χ0v) is 12.2. The smallest absolute Gasteiger partial charge is 0.0957 e. The van der Waals surface area contributed by atoms with E-state index in [-0.39, 0.29) is 0 Å². The summed E-state index contributed by atoms with van der Waals surface area (Å²) in [5.41, 5.74) is 1.91. The molecule has 4 nitrogen and oxygen atoms in total. The van der Waals surface area contributed by atoms with Crippen LogP contribution >= 0.6 is 0 Å². The molecule has 0 amide bonds. The van der Waals surface area contributed by atoms with Crippen LogP contribution < -0.4 is 4.90 Å².